The summed E-state index contributed by atoms with van der Waals surface area (Å²) in [6.45, 7) is 2.21. The van der Waals surface area contributed by atoms with Crippen LogP contribution in [0.15, 0.2) is 12.1 Å². The Morgan fingerprint density at radius 1 is 1.35 bits per heavy atom. The molecule has 0 radical (unpaired) electrons. The standard InChI is InChI=1S/C14H19FN2O3/c1-9-3-5-10(6-4-9)16-12-8-14(20-2)13(17(18)19)7-11(12)15/h7-10,16H,3-6H2,1-2H3. The summed E-state index contributed by atoms with van der Waals surface area (Å²) >= 11 is 0. The summed E-state index contributed by atoms with van der Waals surface area (Å²) in [6, 6.07) is 2.49. The van der Waals surface area contributed by atoms with Gasteiger partial charge in [-0.1, -0.05) is 6.92 Å². The molecule has 0 bridgehead atoms. The Morgan fingerprint density at radius 3 is 2.55 bits per heavy atom. The van der Waals surface area contributed by atoms with E-state index in [4.69, 9.17) is 4.74 Å². The summed E-state index contributed by atoms with van der Waals surface area (Å²) in [6.07, 6.45) is 4.20. The van der Waals surface area contributed by atoms with Gasteiger partial charge in [-0.3, -0.25) is 10.1 Å². The molecule has 0 heterocycles. The number of hydrogen-bond acceptors (Lipinski definition) is 4. The molecule has 0 spiro atoms. The fourth-order valence-corrected chi connectivity index (χ4v) is 2.58. The van der Waals surface area contributed by atoms with Crippen molar-refractivity contribution in [2.75, 3.05) is 12.4 Å². The average Bonchev–Trinajstić information content (AvgIpc) is 2.42. The first kappa shape index (κ1) is 14.6. The maximum atomic E-state index is 13.9. The number of nitro benzene ring substituents is 1. The molecule has 2 rings (SSSR count). The molecule has 1 aromatic rings. The Morgan fingerprint density at radius 2 is 2.00 bits per heavy atom. The third kappa shape index (κ3) is 3.18. The van der Waals surface area contributed by atoms with E-state index in [0.717, 1.165) is 31.7 Å². The number of halogens is 1. The van der Waals surface area contributed by atoms with Gasteiger partial charge in [-0.25, -0.2) is 4.39 Å². The second-order valence-electron chi connectivity index (χ2n) is 5.36. The van der Waals surface area contributed by atoms with Gasteiger partial charge >= 0.3 is 5.69 Å². The summed E-state index contributed by atoms with van der Waals surface area (Å²) < 4.78 is 18.9. The monoisotopic (exact) mass is 282 g/mol. The molecule has 20 heavy (non-hydrogen) atoms. The van der Waals surface area contributed by atoms with E-state index >= 15 is 0 Å². The van der Waals surface area contributed by atoms with Gasteiger partial charge in [0.15, 0.2) is 11.6 Å². The number of nitro groups is 1. The van der Waals surface area contributed by atoms with E-state index in [1.807, 2.05) is 0 Å². The molecule has 0 atom stereocenters. The van der Waals surface area contributed by atoms with Crippen molar-refractivity contribution < 1.29 is 14.1 Å². The lowest BCUT2D eigenvalue weighted by Crippen LogP contribution is -2.25. The Balaban J connectivity index is 2.17. The van der Waals surface area contributed by atoms with Crippen LogP contribution in [0.3, 0.4) is 0 Å². The van der Waals surface area contributed by atoms with Crippen LogP contribution in [-0.4, -0.2) is 18.1 Å². The largest absolute Gasteiger partial charge is 0.490 e. The van der Waals surface area contributed by atoms with Crippen molar-refractivity contribution in [3.8, 4) is 5.75 Å². The fraction of sp³-hybridized carbons (Fsp3) is 0.571. The summed E-state index contributed by atoms with van der Waals surface area (Å²) in [5.41, 5.74) is -0.0835. The molecule has 5 nitrogen and oxygen atoms in total. The van der Waals surface area contributed by atoms with Crippen LogP contribution in [0.1, 0.15) is 32.6 Å². The van der Waals surface area contributed by atoms with Crippen LogP contribution in [0, 0.1) is 21.8 Å². The Kier molecular flexibility index (Phi) is 4.42. The van der Waals surface area contributed by atoms with Crippen molar-refractivity contribution in [1.29, 1.82) is 0 Å². The van der Waals surface area contributed by atoms with Gasteiger partial charge in [0.25, 0.3) is 0 Å². The first-order valence-corrected chi connectivity index (χ1v) is 6.79. The highest BCUT2D eigenvalue weighted by molar-refractivity contribution is 5.59. The molecule has 1 fully saturated rings. The van der Waals surface area contributed by atoms with Crippen LogP contribution in [0.2, 0.25) is 0 Å². The third-order valence-electron chi connectivity index (χ3n) is 3.84. The first-order valence-electron chi connectivity index (χ1n) is 6.79. The molecular formula is C14H19FN2O3. The van der Waals surface area contributed by atoms with Crippen molar-refractivity contribution in [3.05, 3.63) is 28.1 Å². The molecule has 0 unspecified atom stereocenters. The van der Waals surface area contributed by atoms with Gasteiger partial charge in [-0.15, -0.1) is 0 Å². The highest BCUT2D eigenvalue weighted by Crippen LogP contribution is 2.34. The van der Waals surface area contributed by atoms with E-state index in [2.05, 4.69) is 12.2 Å². The van der Waals surface area contributed by atoms with Crippen molar-refractivity contribution in [1.82, 2.24) is 0 Å². The van der Waals surface area contributed by atoms with Gasteiger partial charge in [-0.2, -0.15) is 0 Å². The topological polar surface area (TPSA) is 64.4 Å². The lowest BCUT2D eigenvalue weighted by Gasteiger charge is -2.27. The Bertz CT molecular complexity index is 499. The van der Waals surface area contributed by atoms with Crippen molar-refractivity contribution in [2.45, 2.75) is 38.6 Å². The summed E-state index contributed by atoms with van der Waals surface area (Å²) in [5.74, 6) is 0.170. The van der Waals surface area contributed by atoms with Gasteiger partial charge in [0, 0.05) is 12.1 Å². The molecule has 6 heteroatoms. The summed E-state index contributed by atoms with van der Waals surface area (Å²) in [7, 11) is 1.34. The number of nitrogens with zero attached hydrogens (tertiary/aromatic N) is 1. The van der Waals surface area contributed by atoms with Crippen LogP contribution >= 0.6 is 0 Å². The quantitative estimate of drug-likeness (QED) is 0.675. The molecule has 0 aliphatic heterocycles. The SMILES string of the molecule is COc1cc(NC2CCC(C)CC2)c(F)cc1[N+](=O)[O-]. The number of nitrogens with one attached hydrogen (secondary N) is 1. The maximum Gasteiger partial charge on any atom is 0.313 e. The smallest absolute Gasteiger partial charge is 0.313 e. The lowest BCUT2D eigenvalue weighted by atomic mass is 9.87. The van der Waals surface area contributed by atoms with Crippen molar-refractivity contribution in [2.24, 2.45) is 5.92 Å². The second-order valence-corrected chi connectivity index (χ2v) is 5.36. The molecule has 0 amide bonds. The van der Waals surface area contributed by atoms with E-state index in [1.165, 1.54) is 13.2 Å². The number of hydrogen-bond donors (Lipinski definition) is 1. The lowest BCUT2D eigenvalue weighted by molar-refractivity contribution is -0.385. The van der Waals surface area contributed by atoms with Gasteiger partial charge in [0.1, 0.15) is 0 Å². The zero-order chi connectivity index (χ0) is 14.7. The van der Waals surface area contributed by atoms with Crippen LogP contribution in [0.25, 0.3) is 0 Å². The molecule has 0 saturated heterocycles. The van der Waals surface area contributed by atoms with Gasteiger partial charge in [-0.05, 0) is 31.6 Å². The van der Waals surface area contributed by atoms with Gasteiger partial charge in [0.05, 0.1) is 23.8 Å². The number of benzene rings is 1. The maximum absolute atomic E-state index is 13.9. The number of methoxy groups -OCH3 is 1. The van der Waals surface area contributed by atoms with E-state index in [9.17, 15) is 14.5 Å². The highest BCUT2D eigenvalue weighted by atomic mass is 19.1. The van der Waals surface area contributed by atoms with E-state index in [-0.39, 0.29) is 23.2 Å². The molecule has 1 N–H and O–H groups in total. The van der Waals surface area contributed by atoms with Crippen molar-refractivity contribution >= 4 is 11.4 Å². The third-order valence-corrected chi connectivity index (χ3v) is 3.84. The predicted octanol–water partition coefficient (Wildman–Crippen LogP) is 3.73. The molecule has 1 aliphatic carbocycles. The molecule has 1 saturated carbocycles. The Labute approximate surface area is 117 Å². The zero-order valence-corrected chi connectivity index (χ0v) is 11.7. The van der Waals surface area contributed by atoms with Crippen LogP contribution in [0.5, 0.6) is 5.75 Å². The predicted molar refractivity (Wildman–Crippen MR) is 74.6 cm³/mol. The van der Waals surface area contributed by atoms with Crippen LogP contribution < -0.4 is 10.1 Å². The molecular weight excluding hydrogens is 263 g/mol. The minimum absolute atomic E-state index is 0.0723. The molecule has 110 valence electrons. The van der Waals surface area contributed by atoms with Crippen LogP contribution in [-0.2, 0) is 0 Å². The number of anilines is 1. The molecule has 1 aliphatic rings. The number of rotatable bonds is 4. The highest BCUT2D eigenvalue weighted by Gasteiger charge is 2.22. The fourth-order valence-electron chi connectivity index (χ4n) is 2.58. The van der Waals surface area contributed by atoms with E-state index in [1.54, 1.807) is 0 Å². The minimum atomic E-state index is -0.645. The second kappa shape index (κ2) is 6.07. The molecule has 1 aromatic carbocycles. The Hall–Kier alpha value is -1.85. The van der Waals surface area contributed by atoms with Gasteiger partial charge < -0.3 is 10.1 Å². The van der Waals surface area contributed by atoms with Gasteiger partial charge in [0.2, 0.25) is 0 Å². The van der Waals surface area contributed by atoms with E-state index in [0.29, 0.717) is 5.92 Å². The normalized spacial score (nSPS) is 22.4. The van der Waals surface area contributed by atoms with E-state index < -0.39 is 10.7 Å². The summed E-state index contributed by atoms with van der Waals surface area (Å²) in [5, 5.41) is 13.9. The first-order chi connectivity index (χ1) is 9.51. The van der Waals surface area contributed by atoms with Crippen molar-refractivity contribution in [3.63, 3.8) is 0 Å². The minimum Gasteiger partial charge on any atom is -0.490 e. The molecule has 0 aromatic heterocycles. The average molecular weight is 282 g/mol. The summed E-state index contributed by atoms with van der Waals surface area (Å²) in [4.78, 5) is 10.2. The van der Waals surface area contributed by atoms with Crippen LogP contribution in [0.4, 0.5) is 15.8 Å². The number of ether oxygens (including phenoxy) is 1. The zero-order valence-electron chi connectivity index (χ0n) is 11.7.